The maximum Gasteiger partial charge on any atom is 0.435 e. The number of halogens is 8. The first-order valence-electron chi connectivity index (χ1n) is 11.9. The Hall–Kier alpha value is -2.74. The number of aryl methyl sites for hydroxylation is 1. The van der Waals surface area contributed by atoms with Crippen LogP contribution in [-0.2, 0) is 31.5 Å². The van der Waals surface area contributed by atoms with Crippen LogP contribution in [0, 0.1) is 11.7 Å². The lowest BCUT2D eigenvalue weighted by molar-refractivity contribution is -0.348. The van der Waals surface area contributed by atoms with E-state index in [-0.39, 0.29) is 54.2 Å². The fourth-order valence-corrected chi connectivity index (χ4v) is 8.41. The Morgan fingerprint density at radius 3 is 2.15 bits per heavy atom. The summed E-state index contributed by atoms with van der Waals surface area (Å²) in [6, 6.07) is 4.96. The fraction of sp³-hybridized carbons (Fsp3) is 0.480. The minimum absolute atomic E-state index is 0.0135. The van der Waals surface area contributed by atoms with Crippen molar-refractivity contribution in [1.82, 2.24) is 10.6 Å². The average molecular weight is 585 g/mol. The van der Waals surface area contributed by atoms with E-state index in [1.165, 1.54) is 7.05 Å². The molecule has 2 aromatic rings. The van der Waals surface area contributed by atoms with Crippen LogP contribution >= 0.6 is 0 Å². The van der Waals surface area contributed by atoms with Crippen LogP contribution in [0.3, 0.4) is 0 Å². The highest BCUT2D eigenvalue weighted by Crippen LogP contribution is 2.59. The molecule has 0 spiro atoms. The van der Waals surface area contributed by atoms with Gasteiger partial charge in [0.2, 0.25) is 5.91 Å². The normalized spacial score (nSPS) is 23.7. The van der Waals surface area contributed by atoms with Crippen molar-refractivity contribution >= 4 is 15.7 Å². The third-order valence-electron chi connectivity index (χ3n) is 7.78. The van der Waals surface area contributed by atoms with Gasteiger partial charge in [0.1, 0.15) is 10.6 Å². The molecule has 2 N–H and O–H groups in total. The van der Waals surface area contributed by atoms with Gasteiger partial charge in [-0.15, -0.1) is 0 Å². The molecule has 0 saturated heterocycles. The standard InChI is InChI=1S/C25H24F8N2O3S/c1-34-21(36)13-35-20-10-11-22(39(37,38)17-6-4-16(26)5-7-17)18-9-3-15(12-14(18)2-8-19(20)22)23(27,24(28,29)30)25(31,32)33/h3-7,9,12,19-20,35H,2,8,10-11,13H2,1H3,(H,34,36)/t19-,20+,22+/m0/s1. The molecule has 2 aliphatic rings. The minimum Gasteiger partial charge on any atom is -0.358 e. The second kappa shape index (κ2) is 9.72. The van der Waals surface area contributed by atoms with Gasteiger partial charge in [0.05, 0.1) is 11.4 Å². The number of fused-ring (bicyclic) bond motifs is 3. The Balaban J connectivity index is 1.90. The Kier molecular flexibility index (Phi) is 7.29. The van der Waals surface area contributed by atoms with Gasteiger partial charge in [0.25, 0.3) is 0 Å². The van der Waals surface area contributed by atoms with Crippen molar-refractivity contribution in [3.05, 3.63) is 65.0 Å². The molecule has 4 rings (SSSR count). The van der Waals surface area contributed by atoms with Crippen LogP contribution < -0.4 is 10.6 Å². The number of sulfone groups is 1. The van der Waals surface area contributed by atoms with Crippen molar-refractivity contribution in [1.29, 1.82) is 0 Å². The Morgan fingerprint density at radius 1 is 0.974 bits per heavy atom. The molecule has 1 amide bonds. The van der Waals surface area contributed by atoms with Crippen molar-refractivity contribution < 1.29 is 48.3 Å². The smallest absolute Gasteiger partial charge is 0.358 e. The second-order valence-corrected chi connectivity index (χ2v) is 11.9. The van der Waals surface area contributed by atoms with Gasteiger partial charge in [-0.05, 0) is 67.0 Å². The minimum atomic E-state index is -6.32. The molecule has 1 saturated carbocycles. The van der Waals surface area contributed by atoms with Crippen LogP contribution in [0.25, 0.3) is 0 Å². The van der Waals surface area contributed by atoms with Gasteiger partial charge in [-0.2, -0.15) is 26.3 Å². The first kappa shape index (κ1) is 29.2. The molecule has 1 fully saturated rings. The molecule has 3 atom stereocenters. The van der Waals surface area contributed by atoms with Gasteiger partial charge in [0.15, 0.2) is 9.84 Å². The Labute approximate surface area is 218 Å². The number of likely N-dealkylation sites (N-methyl/N-ethyl adjacent to an activating group) is 1. The van der Waals surface area contributed by atoms with E-state index in [1.807, 2.05) is 0 Å². The molecule has 0 unspecified atom stereocenters. The van der Waals surface area contributed by atoms with Crippen LogP contribution in [-0.4, -0.2) is 46.3 Å². The highest BCUT2D eigenvalue weighted by molar-refractivity contribution is 7.92. The lowest BCUT2D eigenvalue weighted by atomic mass is 9.74. The molecule has 14 heteroatoms. The zero-order chi connectivity index (χ0) is 29.0. The van der Waals surface area contributed by atoms with E-state index in [0.717, 1.165) is 30.3 Å². The zero-order valence-electron chi connectivity index (χ0n) is 20.4. The molecule has 0 radical (unpaired) electrons. The fourth-order valence-electron chi connectivity index (χ4n) is 5.94. The van der Waals surface area contributed by atoms with Gasteiger partial charge < -0.3 is 10.6 Å². The van der Waals surface area contributed by atoms with Gasteiger partial charge >= 0.3 is 18.0 Å². The number of hydrogen-bond acceptors (Lipinski definition) is 4. The Bertz CT molecular complexity index is 1340. The number of amides is 1. The summed E-state index contributed by atoms with van der Waals surface area (Å²) in [6.45, 7) is -0.155. The van der Waals surface area contributed by atoms with Gasteiger partial charge in [-0.1, -0.05) is 18.2 Å². The molecular formula is C25H24F8N2O3S. The van der Waals surface area contributed by atoms with Gasteiger partial charge in [-0.25, -0.2) is 17.2 Å². The molecule has 0 bridgehead atoms. The van der Waals surface area contributed by atoms with Crippen molar-refractivity contribution in [2.45, 2.75) is 59.4 Å². The molecule has 5 nitrogen and oxygen atoms in total. The van der Waals surface area contributed by atoms with Crippen LogP contribution in [0.5, 0.6) is 0 Å². The number of benzene rings is 2. The summed E-state index contributed by atoms with van der Waals surface area (Å²) in [5, 5.41) is 5.42. The number of nitrogens with one attached hydrogen (secondary N) is 2. The number of hydrogen-bond donors (Lipinski definition) is 2. The van der Waals surface area contributed by atoms with Crippen molar-refractivity contribution in [3.8, 4) is 0 Å². The van der Waals surface area contributed by atoms with Crippen LogP contribution in [0.4, 0.5) is 35.1 Å². The molecule has 0 aromatic heterocycles. The number of alkyl halides is 7. The molecule has 0 heterocycles. The number of carbonyl (C=O) groups is 1. The summed E-state index contributed by atoms with van der Waals surface area (Å²) in [5.41, 5.74) is -7.55. The summed E-state index contributed by atoms with van der Waals surface area (Å²) < 4.78 is 135. The highest BCUT2D eigenvalue weighted by Gasteiger charge is 2.73. The SMILES string of the molecule is CNC(=O)CN[C@@H]1CC[C@@]2(S(=O)(=O)c3ccc(F)cc3)c3ccc(C(F)(C(F)(F)F)C(F)(F)F)cc3CC[C@@H]12. The topological polar surface area (TPSA) is 75.3 Å². The van der Waals surface area contributed by atoms with Crippen LogP contribution in [0.1, 0.15) is 36.0 Å². The maximum absolute atomic E-state index is 14.8. The Morgan fingerprint density at radius 2 is 1.59 bits per heavy atom. The van der Waals surface area contributed by atoms with E-state index in [1.54, 1.807) is 0 Å². The van der Waals surface area contributed by atoms with Crippen LogP contribution in [0.15, 0.2) is 47.4 Å². The van der Waals surface area contributed by atoms with Gasteiger partial charge in [-0.3, -0.25) is 4.79 Å². The number of carbonyl (C=O) groups excluding carboxylic acids is 1. The van der Waals surface area contributed by atoms with E-state index < -0.39 is 55.9 Å². The van der Waals surface area contributed by atoms with E-state index in [4.69, 9.17) is 0 Å². The van der Waals surface area contributed by atoms with E-state index >= 15 is 0 Å². The van der Waals surface area contributed by atoms with E-state index in [2.05, 4.69) is 10.6 Å². The van der Waals surface area contributed by atoms with Crippen molar-refractivity contribution in [3.63, 3.8) is 0 Å². The van der Waals surface area contributed by atoms with E-state index in [9.17, 15) is 48.3 Å². The average Bonchev–Trinajstić information content (AvgIpc) is 3.26. The first-order valence-corrected chi connectivity index (χ1v) is 13.4. The second-order valence-electron chi connectivity index (χ2n) is 9.72. The number of rotatable bonds is 6. The van der Waals surface area contributed by atoms with E-state index in [0.29, 0.717) is 12.1 Å². The largest absolute Gasteiger partial charge is 0.435 e. The maximum atomic E-state index is 14.8. The lowest BCUT2D eigenvalue weighted by Gasteiger charge is -2.43. The van der Waals surface area contributed by atoms with Crippen molar-refractivity contribution in [2.24, 2.45) is 5.92 Å². The van der Waals surface area contributed by atoms with Crippen LogP contribution in [0.2, 0.25) is 0 Å². The van der Waals surface area contributed by atoms with Crippen molar-refractivity contribution in [2.75, 3.05) is 13.6 Å². The quantitative estimate of drug-likeness (QED) is 0.377. The molecule has 39 heavy (non-hydrogen) atoms. The predicted molar refractivity (Wildman–Crippen MR) is 124 cm³/mol. The summed E-state index contributed by atoms with van der Waals surface area (Å²) >= 11 is 0. The summed E-state index contributed by atoms with van der Waals surface area (Å²) in [6.07, 6.45) is -12.6. The molecule has 2 aromatic carbocycles. The highest BCUT2D eigenvalue weighted by atomic mass is 32.2. The third kappa shape index (κ3) is 4.48. The third-order valence-corrected chi connectivity index (χ3v) is 10.4. The summed E-state index contributed by atoms with van der Waals surface area (Å²) in [5.74, 6) is -1.84. The van der Waals surface area contributed by atoms with Gasteiger partial charge in [0, 0.05) is 18.7 Å². The predicted octanol–water partition coefficient (Wildman–Crippen LogP) is 4.84. The molecule has 214 valence electrons. The summed E-state index contributed by atoms with van der Waals surface area (Å²) in [4.78, 5) is 11.5. The lowest BCUT2D eigenvalue weighted by Crippen LogP contribution is -2.51. The molecule has 2 aliphatic carbocycles. The molecule has 0 aliphatic heterocycles. The summed E-state index contributed by atoms with van der Waals surface area (Å²) in [7, 11) is -3.01. The zero-order valence-corrected chi connectivity index (χ0v) is 21.2. The monoisotopic (exact) mass is 584 g/mol. The first-order chi connectivity index (χ1) is 18.0. The molecular weight excluding hydrogens is 560 g/mol.